The van der Waals surface area contributed by atoms with Gasteiger partial charge >= 0.3 is 5.97 Å². The molecule has 3 aromatic rings. The maximum absolute atomic E-state index is 13.5. The Morgan fingerprint density at radius 3 is 2.55 bits per heavy atom. The van der Waals surface area contributed by atoms with E-state index in [0.717, 1.165) is 18.5 Å². The molecule has 2 aliphatic heterocycles. The number of carbonyl (C=O) groups is 2. The average molecular weight is 545 g/mol. The minimum Gasteiger partial charge on any atom is -0.480 e. The van der Waals surface area contributed by atoms with Crippen molar-refractivity contribution in [1.82, 2.24) is 15.1 Å². The molecule has 4 N–H and O–H groups in total. The Kier molecular flexibility index (Phi) is 7.81. The summed E-state index contributed by atoms with van der Waals surface area (Å²) in [6, 6.07) is 15.0. The molecule has 2 heterocycles. The highest BCUT2D eigenvalue weighted by atomic mass is 16.4. The zero-order chi connectivity index (χ0) is 28.2. The van der Waals surface area contributed by atoms with E-state index in [1.807, 2.05) is 42.2 Å². The number of aliphatic carboxylic acids is 1. The second-order valence-electron chi connectivity index (χ2n) is 9.91. The van der Waals surface area contributed by atoms with Crippen LogP contribution in [0.5, 0.6) is 0 Å². The molecule has 0 bridgehead atoms. The van der Waals surface area contributed by atoms with E-state index in [1.54, 1.807) is 24.3 Å². The number of carboxylic acid groups (broad SMARTS) is 1. The molecule has 5 rings (SSSR count). The number of amides is 1. The third-order valence-corrected chi connectivity index (χ3v) is 7.32. The first-order chi connectivity index (χ1) is 19.4. The first-order valence-electron chi connectivity index (χ1n) is 13.5. The smallest absolute Gasteiger partial charge is 0.328 e. The summed E-state index contributed by atoms with van der Waals surface area (Å²) in [5.41, 5.74) is 0.838. The van der Waals surface area contributed by atoms with E-state index in [2.05, 4.69) is 20.9 Å². The number of piperazine rings is 1. The molecule has 0 spiro atoms. The van der Waals surface area contributed by atoms with Gasteiger partial charge in [0.25, 0.3) is 16.8 Å². The summed E-state index contributed by atoms with van der Waals surface area (Å²) < 4.78 is 0. The number of benzene rings is 2. The molecular formula is C29H32N6O5. The van der Waals surface area contributed by atoms with Crippen LogP contribution < -0.4 is 26.8 Å². The zero-order valence-corrected chi connectivity index (χ0v) is 22.2. The molecular weight excluding hydrogens is 512 g/mol. The lowest BCUT2D eigenvalue weighted by atomic mass is 10.0. The van der Waals surface area contributed by atoms with Gasteiger partial charge in [-0.05, 0) is 36.6 Å². The van der Waals surface area contributed by atoms with Crippen molar-refractivity contribution in [1.29, 1.82) is 0 Å². The van der Waals surface area contributed by atoms with Crippen LogP contribution >= 0.6 is 0 Å². The van der Waals surface area contributed by atoms with E-state index in [9.17, 15) is 24.3 Å². The highest BCUT2D eigenvalue weighted by Gasteiger charge is 2.37. The quantitative estimate of drug-likeness (QED) is 0.314. The fourth-order valence-electron chi connectivity index (χ4n) is 5.13. The molecule has 0 aliphatic carbocycles. The summed E-state index contributed by atoms with van der Waals surface area (Å²) in [5, 5.41) is 19.3. The Bertz CT molecular complexity index is 1500. The number of hydrogen-bond acceptors (Lipinski definition) is 9. The number of nitrogens with zero attached hydrogens (tertiary/aromatic N) is 3. The van der Waals surface area contributed by atoms with Gasteiger partial charge in [-0.25, -0.2) is 4.79 Å². The normalized spacial score (nSPS) is 18.0. The predicted molar refractivity (Wildman–Crippen MR) is 153 cm³/mol. The van der Waals surface area contributed by atoms with Gasteiger partial charge in [-0.1, -0.05) is 43.3 Å². The highest BCUT2D eigenvalue weighted by molar-refractivity contribution is 5.98. The van der Waals surface area contributed by atoms with Gasteiger partial charge in [0.2, 0.25) is 0 Å². The topological polar surface area (TPSA) is 143 Å². The fraction of sp³-hybridized carbons (Fsp3) is 0.345. The van der Waals surface area contributed by atoms with Gasteiger partial charge in [-0.15, -0.1) is 0 Å². The van der Waals surface area contributed by atoms with Gasteiger partial charge in [-0.2, -0.15) is 0 Å². The number of anilines is 3. The first-order valence-corrected chi connectivity index (χ1v) is 13.5. The van der Waals surface area contributed by atoms with Gasteiger partial charge in [0.15, 0.2) is 5.96 Å². The van der Waals surface area contributed by atoms with Crippen LogP contribution in [0.4, 0.5) is 17.1 Å². The molecule has 40 heavy (non-hydrogen) atoms. The van der Waals surface area contributed by atoms with Crippen molar-refractivity contribution in [2.24, 2.45) is 4.99 Å². The number of hydrogen-bond donors (Lipinski definition) is 4. The van der Waals surface area contributed by atoms with E-state index < -0.39 is 28.8 Å². The first kappa shape index (κ1) is 26.9. The Hall–Kier alpha value is -4.67. The lowest BCUT2D eigenvalue weighted by Crippen LogP contribution is -2.61. The minimum absolute atomic E-state index is 0.128. The summed E-state index contributed by atoms with van der Waals surface area (Å²) in [5.74, 6) is -0.842. The molecule has 1 unspecified atom stereocenters. The number of carboxylic acids is 1. The van der Waals surface area contributed by atoms with Gasteiger partial charge in [0.05, 0.1) is 12.6 Å². The van der Waals surface area contributed by atoms with Crippen LogP contribution in [0.25, 0.3) is 0 Å². The third kappa shape index (κ3) is 5.40. The van der Waals surface area contributed by atoms with E-state index in [-0.39, 0.29) is 36.1 Å². The Morgan fingerprint density at radius 1 is 1.07 bits per heavy atom. The number of carbonyl (C=O) groups excluding carboxylic acids is 1. The van der Waals surface area contributed by atoms with Gasteiger partial charge in [0.1, 0.15) is 17.4 Å². The molecule has 1 saturated heterocycles. The second kappa shape index (κ2) is 11.6. The van der Waals surface area contributed by atoms with Crippen LogP contribution in [0.1, 0.15) is 41.7 Å². The molecule has 0 saturated carbocycles. The summed E-state index contributed by atoms with van der Waals surface area (Å²) in [6.07, 6.45) is 1.63. The number of guanidine groups is 1. The minimum atomic E-state index is -1.09. The van der Waals surface area contributed by atoms with Crippen LogP contribution in [0.2, 0.25) is 0 Å². The highest BCUT2D eigenvalue weighted by Crippen LogP contribution is 2.28. The molecule has 2 aliphatic rings. The number of nitrogens with one attached hydrogen (secondary N) is 3. The van der Waals surface area contributed by atoms with Crippen molar-refractivity contribution in [2.45, 2.75) is 31.8 Å². The van der Waals surface area contributed by atoms with E-state index in [1.165, 1.54) is 4.90 Å². The van der Waals surface area contributed by atoms with Crippen LogP contribution in [0.15, 0.2) is 69.2 Å². The van der Waals surface area contributed by atoms with Crippen molar-refractivity contribution in [2.75, 3.05) is 43.4 Å². The Balaban J connectivity index is 1.32. The Morgan fingerprint density at radius 2 is 1.85 bits per heavy atom. The number of aliphatic imine (C=N–C) groups is 1. The molecule has 208 valence electrons. The summed E-state index contributed by atoms with van der Waals surface area (Å²) in [4.78, 5) is 58.2. The van der Waals surface area contributed by atoms with E-state index >= 15 is 0 Å². The van der Waals surface area contributed by atoms with E-state index in [0.29, 0.717) is 31.2 Å². The van der Waals surface area contributed by atoms with Crippen molar-refractivity contribution < 1.29 is 14.7 Å². The fourth-order valence-corrected chi connectivity index (χ4v) is 5.13. The van der Waals surface area contributed by atoms with Gasteiger partial charge in [-0.3, -0.25) is 19.4 Å². The van der Waals surface area contributed by atoms with Crippen molar-refractivity contribution >= 4 is 34.9 Å². The SMILES string of the molecule is CC[C@@H](Nc1c(Nc2cccc(C(=O)N3CCN(C4=NCCCN4)CC3C(=O)O)c2)c(=O)c1=O)c1ccccc1. The average Bonchev–Trinajstić information content (AvgIpc) is 3.00. The lowest BCUT2D eigenvalue weighted by Gasteiger charge is -2.41. The maximum atomic E-state index is 13.5. The number of rotatable bonds is 8. The molecule has 0 radical (unpaired) electrons. The van der Waals surface area contributed by atoms with Crippen LogP contribution in [0.3, 0.4) is 0 Å². The Labute approximate surface area is 231 Å². The second-order valence-corrected chi connectivity index (χ2v) is 9.91. The van der Waals surface area contributed by atoms with Crippen molar-refractivity contribution in [3.63, 3.8) is 0 Å². The third-order valence-electron chi connectivity index (χ3n) is 7.32. The summed E-state index contributed by atoms with van der Waals surface area (Å²) >= 11 is 0. The molecule has 0 aromatic heterocycles. The maximum Gasteiger partial charge on any atom is 0.328 e. The van der Waals surface area contributed by atoms with Crippen molar-refractivity contribution in [3.05, 3.63) is 86.2 Å². The van der Waals surface area contributed by atoms with Crippen LogP contribution in [-0.4, -0.2) is 71.5 Å². The molecule has 2 atom stereocenters. The van der Waals surface area contributed by atoms with Crippen LogP contribution in [-0.2, 0) is 4.79 Å². The van der Waals surface area contributed by atoms with Gasteiger partial charge in [0, 0.05) is 37.4 Å². The zero-order valence-electron chi connectivity index (χ0n) is 22.2. The van der Waals surface area contributed by atoms with Crippen molar-refractivity contribution in [3.8, 4) is 0 Å². The largest absolute Gasteiger partial charge is 0.480 e. The van der Waals surface area contributed by atoms with E-state index in [4.69, 9.17) is 0 Å². The molecule has 11 nitrogen and oxygen atoms in total. The molecule has 3 aromatic carbocycles. The lowest BCUT2D eigenvalue weighted by molar-refractivity contribution is -0.143. The monoisotopic (exact) mass is 544 g/mol. The van der Waals surface area contributed by atoms with Crippen LogP contribution in [0, 0.1) is 0 Å². The molecule has 1 amide bonds. The van der Waals surface area contributed by atoms with Gasteiger partial charge < -0.3 is 30.9 Å². The summed E-state index contributed by atoms with van der Waals surface area (Å²) in [6.45, 7) is 4.26. The molecule has 11 heteroatoms. The molecule has 1 fully saturated rings. The standard InChI is InChI=1S/C29H32N6O5/c1-2-21(18-8-4-3-5-9-18)33-24-23(25(36)26(24)37)32-20-11-6-10-19(16-20)27(38)35-15-14-34(17-22(35)28(39)40)29-30-12-7-13-31-29/h3-6,8-11,16,21-22,32-33H,2,7,12-15,17H2,1H3,(H,30,31)(H,39,40)/t21-,22?/m1/s1. The predicted octanol–water partition coefficient (Wildman–Crippen LogP) is 2.15. The summed E-state index contributed by atoms with van der Waals surface area (Å²) in [7, 11) is 0.